The molecule has 0 radical (unpaired) electrons. The van der Waals surface area contributed by atoms with Crippen molar-refractivity contribution in [2.24, 2.45) is 0 Å². The number of nitrogens with one attached hydrogen (secondary N) is 1. The van der Waals surface area contributed by atoms with Crippen molar-refractivity contribution < 1.29 is 31.9 Å². The van der Waals surface area contributed by atoms with Gasteiger partial charge >= 0.3 is 12.1 Å². The van der Waals surface area contributed by atoms with Crippen LogP contribution in [0.5, 0.6) is 0 Å². The first-order chi connectivity index (χ1) is 7.64. The number of H-pyrrole nitrogens is 1. The second kappa shape index (κ2) is 4.15. The molecule has 94 valence electrons. The molecule has 17 heavy (non-hydrogen) atoms. The largest absolute Gasteiger partial charge is 0.477 e. The molecule has 0 amide bonds. The first-order valence-corrected chi connectivity index (χ1v) is 4.00. The molecule has 1 aromatic rings. The average molecular weight is 257 g/mol. The topological polar surface area (TPSA) is 70.2 Å². The second-order valence-corrected chi connectivity index (χ2v) is 2.95. The van der Waals surface area contributed by atoms with Gasteiger partial charge in [-0.2, -0.15) is 13.2 Å². The normalized spacial score (nSPS) is 11.9. The van der Waals surface area contributed by atoms with Crippen LogP contribution >= 0.6 is 0 Å². The Kier molecular flexibility index (Phi) is 3.21. The third-order valence-corrected chi connectivity index (χ3v) is 1.83. The van der Waals surface area contributed by atoms with Gasteiger partial charge in [0.15, 0.2) is 0 Å². The maximum atomic E-state index is 12.3. The third kappa shape index (κ3) is 2.60. The fourth-order valence-electron chi connectivity index (χ4n) is 1.11. The average Bonchev–Trinajstić information content (AvgIpc) is 2.14. The maximum Gasteiger partial charge on any atom is 0.421 e. The van der Waals surface area contributed by atoms with E-state index in [2.05, 4.69) is 0 Å². The molecule has 0 unspecified atom stereocenters. The molecule has 0 saturated heterocycles. The summed E-state index contributed by atoms with van der Waals surface area (Å²) >= 11 is 0. The van der Waals surface area contributed by atoms with Gasteiger partial charge in [0.05, 0.1) is 0 Å². The van der Waals surface area contributed by atoms with Gasteiger partial charge in [0.2, 0.25) is 0 Å². The van der Waals surface area contributed by atoms with Gasteiger partial charge < -0.3 is 10.1 Å². The molecule has 1 heterocycles. The second-order valence-electron chi connectivity index (χ2n) is 2.95. The van der Waals surface area contributed by atoms with Gasteiger partial charge in [-0.25, -0.2) is 13.6 Å². The minimum atomic E-state index is -5.13. The molecular formula is C8H4F5NO3. The highest BCUT2D eigenvalue weighted by Crippen LogP contribution is 2.30. The molecule has 1 aromatic heterocycles. The summed E-state index contributed by atoms with van der Waals surface area (Å²) in [4.78, 5) is 22.6. The van der Waals surface area contributed by atoms with E-state index < -0.39 is 41.0 Å². The smallest absolute Gasteiger partial charge is 0.421 e. The van der Waals surface area contributed by atoms with E-state index in [0.29, 0.717) is 0 Å². The molecule has 0 aliphatic carbocycles. The summed E-state index contributed by atoms with van der Waals surface area (Å²) < 4.78 is 61.3. The summed E-state index contributed by atoms with van der Waals surface area (Å²) in [7, 11) is 0. The molecule has 4 nitrogen and oxygen atoms in total. The minimum absolute atomic E-state index is 0.160. The van der Waals surface area contributed by atoms with E-state index >= 15 is 0 Å². The number of aromatic nitrogens is 1. The van der Waals surface area contributed by atoms with Crippen molar-refractivity contribution in [1.29, 1.82) is 0 Å². The van der Waals surface area contributed by atoms with E-state index in [9.17, 15) is 31.5 Å². The van der Waals surface area contributed by atoms with Crippen molar-refractivity contribution in [3.8, 4) is 0 Å². The van der Waals surface area contributed by atoms with Crippen LogP contribution in [0.1, 0.15) is 28.0 Å². The van der Waals surface area contributed by atoms with E-state index in [1.54, 1.807) is 0 Å². The Bertz CT molecular complexity index is 505. The van der Waals surface area contributed by atoms with E-state index in [1.165, 1.54) is 4.98 Å². The van der Waals surface area contributed by atoms with E-state index in [0.717, 1.165) is 0 Å². The van der Waals surface area contributed by atoms with Crippen LogP contribution < -0.4 is 5.56 Å². The summed E-state index contributed by atoms with van der Waals surface area (Å²) in [6.45, 7) is 0. The van der Waals surface area contributed by atoms with Crippen molar-refractivity contribution in [3.05, 3.63) is 33.2 Å². The number of pyridine rings is 1. The molecule has 0 spiro atoms. The molecule has 0 fully saturated rings. The quantitative estimate of drug-likeness (QED) is 0.796. The van der Waals surface area contributed by atoms with Crippen molar-refractivity contribution in [2.45, 2.75) is 12.6 Å². The summed E-state index contributed by atoms with van der Waals surface area (Å²) in [6.07, 6.45) is -8.58. The van der Waals surface area contributed by atoms with Crippen molar-refractivity contribution in [3.63, 3.8) is 0 Å². The lowest BCUT2D eigenvalue weighted by Crippen LogP contribution is -2.25. The van der Waals surface area contributed by atoms with Gasteiger partial charge in [-0.15, -0.1) is 0 Å². The van der Waals surface area contributed by atoms with Gasteiger partial charge in [-0.1, -0.05) is 0 Å². The number of rotatable bonds is 2. The predicted molar refractivity (Wildman–Crippen MR) is 44.0 cm³/mol. The molecule has 0 bridgehead atoms. The maximum absolute atomic E-state index is 12.3. The Morgan fingerprint density at radius 3 is 2.24 bits per heavy atom. The number of aromatic amines is 1. The SMILES string of the molecule is O=C(O)c1[nH]c(=O)c(C(F)(F)F)cc1C(F)F. The number of carbonyl (C=O) groups is 1. The lowest BCUT2D eigenvalue weighted by atomic mass is 10.1. The molecule has 2 N–H and O–H groups in total. The van der Waals surface area contributed by atoms with Gasteiger partial charge in [0.25, 0.3) is 12.0 Å². The molecule has 0 atom stereocenters. The van der Waals surface area contributed by atoms with E-state index in [-0.39, 0.29) is 6.07 Å². The Morgan fingerprint density at radius 1 is 1.35 bits per heavy atom. The fourth-order valence-corrected chi connectivity index (χ4v) is 1.11. The molecule has 1 rings (SSSR count). The zero-order valence-electron chi connectivity index (χ0n) is 7.81. The van der Waals surface area contributed by atoms with Crippen LogP contribution in [-0.4, -0.2) is 16.1 Å². The number of aromatic carboxylic acids is 1. The number of carboxylic acid groups (broad SMARTS) is 1. The Hall–Kier alpha value is -1.93. The van der Waals surface area contributed by atoms with Gasteiger partial charge in [0, 0.05) is 5.56 Å². The van der Waals surface area contributed by atoms with Gasteiger partial charge in [0.1, 0.15) is 11.3 Å². The molecule has 0 saturated carbocycles. The predicted octanol–water partition coefficient (Wildman–Crippen LogP) is 2.03. The highest BCUT2D eigenvalue weighted by atomic mass is 19.4. The zero-order valence-corrected chi connectivity index (χ0v) is 7.81. The highest BCUT2D eigenvalue weighted by molar-refractivity contribution is 5.87. The Morgan fingerprint density at radius 2 is 1.88 bits per heavy atom. The number of halogens is 5. The molecule has 0 aromatic carbocycles. The van der Waals surface area contributed by atoms with Crippen molar-refractivity contribution in [1.82, 2.24) is 4.98 Å². The van der Waals surface area contributed by atoms with Crippen LogP contribution in [0.15, 0.2) is 10.9 Å². The van der Waals surface area contributed by atoms with E-state index in [1.807, 2.05) is 0 Å². The fraction of sp³-hybridized carbons (Fsp3) is 0.250. The lowest BCUT2D eigenvalue weighted by Gasteiger charge is -2.09. The highest BCUT2D eigenvalue weighted by Gasteiger charge is 2.36. The number of hydrogen-bond donors (Lipinski definition) is 2. The molecule has 0 aliphatic rings. The standard InChI is InChI=1S/C8H4F5NO3/c9-5(10)2-1-3(8(11,12)13)6(15)14-4(2)7(16)17/h1,5H,(H,14,15)(H,16,17). The van der Waals surface area contributed by atoms with Crippen LogP contribution in [0.4, 0.5) is 22.0 Å². The van der Waals surface area contributed by atoms with Crippen LogP contribution in [0.25, 0.3) is 0 Å². The first kappa shape index (κ1) is 13.1. The summed E-state index contributed by atoms with van der Waals surface area (Å²) in [5, 5.41) is 8.45. The van der Waals surface area contributed by atoms with E-state index in [4.69, 9.17) is 5.11 Å². The van der Waals surface area contributed by atoms with Gasteiger partial charge in [-0.3, -0.25) is 4.79 Å². The summed E-state index contributed by atoms with van der Waals surface area (Å²) in [5.41, 5.74) is -6.28. The minimum Gasteiger partial charge on any atom is -0.477 e. The molecular weight excluding hydrogens is 253 g/mol. The zero-order chi connectivity index (χ0) is 13.4. The number of alkyl halides is 5. The Balaban J connectivity index is 3.57. The monoisotopic (exact) mass is 257 g/mol. The van der Waals surface area contributed by atoms with Gasteiger partial charge in [-0.05, 0) is 6.07 Å². The summed E-state index contributed by atoms with van der Waals surface area (Å²) in [5.74, 6) is -1.94. The van der Waals surface area contributed by atoms with Crippen LogP contribution in [0, 0.1) is 0 Å². The molecule has 0 aliphatic heterocycles. The molecule has 9 heteroatoms. The Labute approximate surface area is 89.7 Å². The lowest BCUT2D eigenvalue weighted by molar-refractivity contribution is -0.138. The van der Waals surface area contributed by atoms with Crippen LogP contribution in [0.3, 0.4) is 0 Å². The van der Waals surface area contributed by atoms with Crippen molar-refractivity contribution in [2.75, 3.05) is 0 Å². The number of carboxylic acids is 1. The first-order valence-electron chi connectivity index (χ1n) is 4.00. The van der Waals surface area contributed by atoms with Crippen molar-refractivity contribution >= 4 is 5.97 Å². The summed E-state index contributed by atoms with van der Waals surface area (Å²) in [6, 6.07) is -0.160. The number of hydrogen-bond acceptors (Lipinski definition) is 2. The van der Waals surface area contributed by atoms with Crippen LogP contribution in [-0.2, 0) is 6.18 Å². The van der Waals surface area contributed by atoms with Crippen LogP contribution in [0.2, 0.25) is 0 Å². The third-order valence-electron chi connectivity index (χ3n) is 1.83.